The van der Waals surface area contributed by atoms with E-state index in [0.29, 0.717) is 0 Å². The molecule has 0 aliphatic rings. The highest BCUT2D eigenvalue weighted by atomic mass is 15.2. The van der Waals surface area contributed by atoms with Gasteiger partial charge in [0, 0.05) is 36.1 Å². The topological polar surface area (TPSA) is 22.3 Å². The summed E-state index contributed by atoms with van der Waals surface area (Å²) in [5, 5.41) is 3.67. The molecule has 4 aromatic carbocycles. The molecule has 3 nitrogen and oxygen atoms in total. The Hall–Kier alpha value is -3.72. The van der Waals surface area contributed by atoms with Crippen LogP contribution in [0.4, 0.5) is 22.9 Å². The molecule has 0 bridgehead atoms. The van der Waals surface area contributed by atoms with E-state index in [2.05, 4.69) is 126 Å². The molecule has 0 aliphatic heterocycles. The fourth-order valence-corrected chi connectivity index (χ4v) is 3.95. The van der Waals surface area contributed by atoms with Gasteiger partial charge in [-0.2, -0.15) is 0 Å². The standard InChI is InChI=1S/C26H23N3/c1-28(2)26-18-22-23(27-26)15-9-17-25(22)29(20-12-4-3-5-13-20)24-16-8-11-19-10-6-7-14-21(19)24/h3-18,27H,1-2H3. The summed E-state index contributed by atoms with van der Waals surface area (Å²) in [5.41, 5.74) is 4.61. The maximum Gasteiger partial charge on any atom is 0.106 e. The van der Waals surface area contributed by atoms with Crippen molar-refractivity contribution >= 4 is 44.6 Å². The Balaban J connectivity index is 1.82. The molecule has 142 valence electrons. The minimum atomic E-state index is 1.10. The van der Waals surface area contributed by atoms with Gasteiger partial charge in [0.05, 0.1) is 11.4 Å². The van der Waals surface area contributed by atoms with E-state index in [1.165, 1.54) is 21.8 Å². The van der Waals surface area contributed by atoms with Gasteiger partial charge in [0.15, 0.2) is 0 Å². The Kier molecular flexibility index (Phi) is 4.21. The number of hydrogen-bond donors (Lipinski definition) is 1. The number of hydrogen-bond acceptors (Lipinski definition) is 2. The van der Waals surface area contributed by atoms with Crippen molar-refractivity contribution in [1.29, 1.82) is 0 Å². The van der Waals surface area contributed by atoms with Gasteiger partial charge in [0.25, 0.3) is 0 Å². The lowest BCUT2D eigenvalue weighted by molar-refractivity contribution is 1.09. The van der Waals surface area contributed by atoms with Crippen molar-refractivity contribution in [2.45, 2.75) is 0 Å². The Morgan fingerprint density at radius 1 is 0.621 bits per heavy atom. The van der Waals surface area contributed by atoms with Crippen LogP contribution >= 0.6 is 0 Å². The molecule has 0 radical (unpaired) electrons. The fourth-order valence-electron chi connectivity index (χ4n) is 3.95. The molecule has 3 heteroatoms. The molecule has 0 unspecified atom stereocenters. The van der Waals surface area contributed by atoms with E-state index in [4.69, 9.17) is 0 Å². The molecular weight excluding hydrogens is 354 g/mol. The van der Waals surface area contributed by atoms with E-state index < -0.39 is 0 Å². The summed E-state index contributed by atoms with van der Waals surface area (Å²) >= 11 is 0. The summed E-state index contributed by atoms with van der Waals surface area (Å²) in [7, 11) is 4.12. The average Bonchev–Trinajstić information content (AvgIpc) is 3.21. The highest BCUT2D eigenvalue weighted by Crippen LogP contribution is 2.42. The summed E-state index contributed by atoms with van der Waals surface area (Å²) in [5.74, 6) is 1.10. The number of aromatic amines is 1. The van der Waals surface area contributed by atoms with Gasteiger partial charge in [-0.3, -0.25) is 0 Å². The predicted octanol–water partition coefficient (Wildman–Crippen LogP) is 6.86. The van der Waals surface area contributed by atoms with Crippen molar-refractivity contribution < 1.29 is 0 Å². The average molecular weight is 377 g/mol. The van der Waals surface area contributed by atoms with Gasteiger partial charge in [-0.15, -0.1) is 0 Å². The number of fused-ring (bicyclic) bond motifs is 2. The van der Waals surface area contributed by atoms with Crippen LogP contribution in [0.3, 0.4) is 0 Å². The first kappa shape index (κ1) is 17.4. The molecule has 0 spiro atoms. The van der Waals surface area contributed by atoms with E-state index >= 15 is 0 Å². The number of aromatic nitrogens is 1. The maximum absolute atomic E-state index is 3.53. The second-order valence-corrected chi connectivity index (χ2v) is 7.46. The van der Waals surface area contributed by atoms with Crippen LogP contribution in [0.25, 0.3) is 21.7 Å². The zero-order valence-corrected chi connectivity index (χ0v) is 16.6. The first-order valence-corrected chi connectivity index (χ1v) is 9.84. The first-order valence-electron chi connectivity index (χ1n) is 9.84. The lowest BCUT2D eigenvalue weighted by atomic mass is 10.1. The molecule has 0 saturated carbocycles. The minimum Gasteiger partial charge on any atom is -0.364 e. The molecule has 1 N–H and O–H groups in total. The Morgan fingerprint density at radius 3 is 2.07 bits per heavy atom. The van der Waals surface area contributed by atoms with Crippen LogP contribution in [0.5, 0.6) is 0 Å². The predicted molar refractivity (Wildman–Crippen MR) is 125 cm³/mol. The maximum atomic E-state index is 3.53. The summed E-state index contributed by atoms with van der Waals surface area (Å²) in [4.78, 5) is 7.99. The van der Waals surface area contributed by atoms with Gasteiger partial charge in [-0.1, -0.05) is 60.7 Å². The molecule has 5 aromatic rings. The van der Waals surface area contributed by atoms with Gasteiger partial charge >= 0.3 is 0 Å². The molecule has 0 saturated heterocycles. The quantitative estimate of drug-likeness (QED) is 0.370. The SMILES string of the molecule is CN(C)c1cc2c(N(c3ccccc3)c3cccc4ccccc34)cccc2[nH]1. The van der Waals surface area contributed by atoms with Crippen molar-refractivity contribution in [1.82, 2.24) is 4.98 Å². The van der Waals surface area contributed by atoms with Gasteiger partial charge < -0.3 is 14.8 Å². The monoisotopic (exact) mass is 377 g/mol. The Labute approximate surface area is 170 Å². The van der Waals surface area contributed by atoms with Crippen LogP contribution in [0.15, 0.2) is 97.1 Å². The Morgan fingerprint density at radius 2 is 1.28 bits per heavy atom. The van der Waals surface area contributed by atoms with Crippen LogP contribution in [-0.2, 0) is 0 Å². The third kappa shape index (κ3) is 3.01. The van der Waals surface area contributed by atoms with Gasteiger partial charge in [-0.25, -0.2) is 0 Å². The van der Waals surface area contributed by atoms with E-state index in [0.717, 1.165) is 22.7 Å². The molecule has 1 heterocycles. The lowest BCUT2D eigenvalue weighted by Gasteiger charge is -2.27. The van der Waals surface area contributed by atoms with Crippen molar-refractivity contribution in [3.05, 3.63) is 97.1 Å². The summed E-state index contributed by atoms with van der Waals surface area (Å²) < 4.78 is 0. The van der Waals surface area contributed by atoms with Crippen molar-refractivity contribution in [2.24, 2.45) is 0 Å². The van der Waals surface area contributed by atoms with Crippen molar-refractivity contribution in [3.63, 3.8) is 0 Å². The van der Waals surface area contributed by atoms with Crippen molar-refractivity contribution in [2.75, 3.05) is 23.9 Å². The molecule has 5 rings (SSSR count). The number of benzene rings is 4. The first-order chi connectivity index (χ1) is 14.2. The molecule has 0 aliphatic carbocycles. The van der Waals surface area contributed by atoms with E-state index in [-0.39, 0.29) is 0 Å². The third-order valence-electron chi connectivity index (χ3n) is 5.37. The second-order valence-electron chi connectivity index (χ2n) is 7.46. The van der Waals surface area contributed by atoms with Crippen LogP contribution in [0.2, 0.25) is 0 Å². The summed E-state index contributed by atoms with van der Waals surface area (Å²) in [6.07, 6.45) is 0. The third-order valence-corrected chi connectivity index (χ3v) is 5.37. The van der Waals surface area contributed by atoms with Crippen LogP contribution in [0.1, 0.15) is 0 Å². The van der Waals surface area contributed by atoms with E-state index in [1.807, 2.05) is 0 Å². The molecule has 0 amide bonds. The smallest absolute Gasteiger partial charge is 0.106 e. The fraction of sp³-hybridized carbons (Fsp3) is 0.0769. The zero-order chi connectivity index (χ0) is 19.8. The van der Waals surface area contributed by atoms with E-state index in [1.54, 1.807) is 0 Å². The zero-order valence-electron chi connectivity index (χ0n) is 16.6. The molecule has 0 atom stereocenters. The van der Waals surface area contributed by atoms with Gasteiger partial charge in [-0.05, 0) is 41.8 Å². The molecule has 1 aromatic heterocycles. The van der Waals surface area contributed by atoms with Gasteiger partial charge in [0.1, 0.15) is 5.82 Å². The molecule has 0 fully saturated rings. The highest BCUT2D eigenvalue weighted by molar-refractivity contribution is 6.04. The van der Waals surface area contributed by atoms with Crippen LogP contribution in [0, 0.1) is 0 Å². The largest absolute Gasteiger partial charge is 0.364 e. The number of H-pyrrole nitrogens is 1. The number of rotatable bonds is 4. The number of anilines is 4. The molecular formula is C26H23N3. The Bertz CT molecular complexity index is 1280. The highest BCUT2D eigenvalue weighted by Gasteiger charge is 2.18. The number of para-hydroxylation sites is 1. The minimum absolute atomic E-state index is 1.10. The number of nitrogens with one attached hydrogen (secondary N) is 1. The van der Waals surface area contributed by atoms with Crippen molar-refractivity contribution in [3.8, 4) is 0 Å². The second kappa shape index (κ2) is 7.02. The number of nitrogens with zero attached hydrogens (tertiary/aromatic N) is 2. The van der Waals surface area contributed by atoms with E-state index in [9.17, 15) is 0 Å². The molecule has 29 heavy (non-hydrogen) atoms. The lowest BCUT2D eigenvalue weighted by Crippen LogP contribution is -2.10. The van der Waals surface area contributed by atoms with Crippen LogP contribution < -0.4 is 9.80 Å². The summed E-state index contributed by atoms with van der Waals surface area (Å²) in [6, 6.07) is 34.3. The normalized spacial score (nSPS) is 11.1. The van der Waals surface area contributed by atoms with Crippen LogP contribution in [-0.4, -0.2) is 19.1 Å². The van der Waals surface area contributed by atoms with Gasteiger partial charge in [0.2, 0.25) is 0 Å². The summed E-state index contributed by atoms with van der Waals surface area (Å²) in [6.45, 7) is 0.